The number of nitrogens with zero attached hydrogens (tertiary/aromatic N) is 2. The van der Waals surface area contributed by atoms with Gasteiger partial charge in [-0.05, 0) is 48.6 Å². The zero-order chi connectivity index (χ0) is 15.5. The number of amides is 1. The fourth-order valence-corrected chi connectivity index (χ4v) is 2.62. The molecule has 22 heavy (non-hydrogen) atoms. The summed E-state index contributed by atoms with van der Waals surface area (Å²) in [4.78, 5) is 12.0. The van der Waals surface area contributed by atoms with Gasteiger partial charge in [-0.3, -0.25) is 4.79 Å². The summed E-state index contributed by atoms with van der Waals surface area (Å²) < 4.78 is 5.50. The lowest BCUT2D eigenvalue weighted by atomic mass is 10.1. The van der Waals surface area contributed by atoms with Gasteiger partial charge in [0, 0.05) is 16.6 Å². The van der Waals surface area contributed by atoms with Crippen molar-refractivity contribution in [3.63, 3.8) is 0 Å². The molecule has 0 aliphatic rings. The van der Waals surface area contributed by atoms with E-state index in [0.717, 1.165) is 16.8 Å². The summed E-state index contributed by atoms with van der Waals surface area (Å²) >= 11 is 1.55. The van der Waals surface area contributed by atoms with E-state index < -0.39 is 0 Å². The first-order chi connectivity index (χ1) is 10.6. The van der Waals surface area contributed by atoms with Crippen LogP contribution < -0.4 is 5.32 Å². The summed E-state index contributed by atoms with van der Waals surface area (Å²) in [5, 5.41) is 14.6. The first-order valence-electron chi connectivity index (χ1n) is 6.84. The van der Waals surface area contributed by atoms with Gasteiger partial charge in [0.1, 0.15) is 6.42 Å². The van der Waals surface area contributed by atoms with Gasteiger partial charge in [-0.25, -0.2) is 0 Å². The van der Waals surface area contributed by atoms with Gasteiger partial charge in [-0.1, -0.05) is 6.07 Å². The molecule has 6 heteroatoms. The smallest absolute Gasteiger partial charge is 0.248 e. The molecule has 112 valence electrons. The summed E-state index contributed by atoms with van der Waals surface area (Å²) in [6, 6.07) is 7.70. The van der Waals surface area contributed by atoms with Crippen LogP contribution in [0, 0.1) is 13.8 Å². The Morgan fingerprint density at radius 2 is 2.09 bits per heavy atom. The Balaban J connectivity index is 1.65. The van der Waals surface area contributed by atoms with Crippen LogP contribution in [-0.4, -0.2) is 16.1 Å². The average Bonchev–Trinajstić information content (AvgIpc) is 3.13. The highest BCUT2D eigenvalue weighted by Gasteiger charge is 2.13. The quantitative estimate of drug-likeness (QED) is 0.799. The molecule has 0 aliphatic carbocycles. The predicted octanol–water partition coefficient (Wildman–Crippen LogP) is 3.60. The molecule has 0 atom stereocenters. The average molecular weight is 313 g/mol. The zero-order valence-electron chi connectivity index (χ0n) is 12.3. The largest absolute Gasteiger partial charge is 0.420 e. The molecule has 0 saturated heterocycles. The van der Waals surface area contributed by atoms with Gasteiger partial charge in [0.2, 0.25) is 17.7 Å². The van der Waals surface area contributed by atoms with Crippen molar-refractivity contribution >= 4 is 22.9 Å². The molecule has 0 aliphatic heterocycles. The van der Waals surface area contributed by atoms with Crippen LogP contribution in [0.1, 0.15) is 17.0 Å². The van der Waals surface area contributed by atoms with Crippen molar-refractivity contribution in [1.29, 1.82) is 0 Å². The number of rotatable bonds is 4. The number of anilines is 1. The van der Waals surface area contributed by atoms with E-state index in [2.05, 4.69) is 15.5 Å². The second-order valence-corrected chi connectivity index (χ2v) is 5.82. The summed E-state index contributed by atoms with van der Waals surface area (Å²) in [7, 11) is 0. The Bertz CT molecular complexity index is 794. The van der Waals surface area contributed by atoms with Crippen LogP contribution in [0.4, 0.5) is 5.69 Å². The number of benzene rings is 1. The van der Waals surface area contributed by atoms with Crippen LogP contribution in [0.15, 0.2) is 39.4 Å². The lowest BCUT2D eigenvalue weighted by molar-refractivity contribution is -0.115. The van der Waals surface area contributed by atoms with E-state index in [1.54, 1.807) is 11.3 Å². The van der Waals surface area contributed by atoms with Crippen molar-refractivity contribution in [1.82, 2.24) is 10.2 Å². The lowest BCUT2D eigenvalue weighted by Crippen LogP contribution is -2.14. The molecule has 1 aromatic carbocycles. The maximum absolute atomic E-state index is 12.0. The molecule has 0 spiro atoms. The fourth-order valence-electron chi connectivity index (χ4n) is 1.99. The number of aromatic nitrogens is 2. The number of nitrogens with one attached hydrogen (secondary N) is 1. The number of carbonyl (C=O) groups excluding carboxylic acids is 1. The molecular weight excluding hydrogens is 298 g/mol. The molecule has 2 aromatic heterocycles. The standard InChI is InChI=1S/C16H15N3O2S/c1-10-3-4-13(7-11(10)2)17-14(20)8-15-18-19-16(21-15)12-5-6-22-9-12/h3-7,9H,8H2,1-2H3,(H,17,20). The number of thiophene rings is 1. The minimum Gasteiger partial charge on any atom is -0.420 e. The Morgan fingerprint density at radius 1 is 1.23 bits per heavy atom. The van der Waals surface area contributed by atoms with E-state index in [-0.39, 0.29) is 12.3 Å². The Kier molecular flexibility index (Phi) is 4.02. The predicted molar refractivity (Wildman–Crippen MR) is 85.9 cm³/mol. The molecule has 2 heterocycles. The molecule has 3 aromatic rings. The molecule has 3 rings (SSSR count). The molecule has 0 saturated carbocycles. The van der Waals surface area contributed by atoms with Crippen LogP contribution in [0.25, 0.3) is 11.5 Å². The topological polar surface area (TPSA) is 68.0 Å². The van der Waals surface area contributed by atoms with Crippen molar-refractivity contribution in [2.45, 2.75) is 20.3 Å². The molecule has 1 amide bonds. The maximum atomic E-state index is 12.0. The van der Waals surface area contributed by atoms with Gasteiger partial charge in [-0.2, -0.15) is 11.3 Å². The summed E-state index contributed by atoms with van der Waals surface area (Å²) in [6.07, 6.45) is 0.0596. The molecule has 0 unspecified atom stereocenters. The second-order valence-electron chi connectivity index (χ2n) is 5.04. The van der Waals surface area contributed by atoms with Crippen LogP contribution in [-0.2, 0) is 11.2 Å². The first kappa shape index (κ1) is 14.5. The van der Waals surface area contributed by atoms with Crippen LogP contribution in [0.5, 0.6) is 0 Å². The van der Waals surface area contributed by atoms with E-state index in [9.17, 15) is 4.79 Å². The molecule has 5 nitrogen and oxygen atoms in total. The van der Waals surface area contributed by atoms with Crippen molar-refractivity contribution in [2.75, 3.05) is 5.32 Å². The van der Waals surface area contributed by atoms with Gasteiger partial charge < -0.3 is 9.73 Å². The van der Waals surface area contributed by atoms with E-state index >= 15 is 0 Å². The van der Waals surface area contributed by atoms with Crippen LogP contribution in [0.3, 0.4) is 0 Å². The van der Waals surface area contributed by atoms with Crippen molar-refractivity contribution in [3.05, 3.63) is 52.0 Å². The van der Waals surface area contributed by atoms with Crippen molar-refractivity contribution in [3.8, 4) is 11.5 Å². The highest BCUT2D eigenvalue weighted by Crippen LogP contribution is 2.20. The number of hydrogen-bond acceptors (Lipinski definition) is 5. The van der Waals surface area contributed by atoms with Crippen molar-refractivity contribution < 1.29 is 9.21 Å². The normalized spacial score (nSPS) is 10.6. The summed E-state index contributed by atoms with van der Waals surface area (Å²) in [6.45, 7) is 4.04. The SMILES string of the molecule is Cc1ccc(NC(=O)Cc2nnc(-c3ccsc3)o2)cc1C. The highest BCUT2D eigenvalue weighted by molar-refractivity contribution is 7.08. The minimum absolute atomic E-state index is 0.0596. The van der Waals surface area contributed by atoms with E-state index in [4.69, 9.17) is 4.42 Å². The third-order valence-electron chi connectivity index (χ3n) is 3.34. The van der Waals surface area contributed by atoms with E-state index in [1.807, 2.05) is 48.9 Å². The maximum Gasteiger partial charge on any atom is 0.248 e. The second kappa shape index (κ2) is 6.11. The third-order valence-corrected chi connectivity index (χ3v) is 4.02. The van der Waals surface area contributed by atoms with Crippen LogP contribution >= 0.6 is 11.3 Å². The van der Waals surface area contributed by atoms with Gasteiger partial charge in [0.25, 0.3) is 0 Å². The number of hydrogen-bond donors (Lipinski definition) is 1. The summed E-state index contributed by atoms with van der Waals surface area (Å²) in [5.74, 6) is 0.571. The number of aryl methyl sites for hydroxylation is 2. The monoisotopic (exact) mass is 313 g/mol. The van der Waals surface area contributed by atoms with Gasteiger partial charge >= 0.3 is 0 Å². The molecular formula is C16H15N3O2S. The molecule has 1 N–H and O–H groups in total. The van der Waals surface area contributed by atoms with Crippen LogP contribution in [0.2, 0.25) is 0 Å². The Labute approximate surface area is 132 Å². The summed E-state index contributed by atoms with van der Waals surface area (Å²) in [5.41, 5.74) is 3.97. The van der Waals surface area contributed by atoms with Gasteiger partial charge in [0.05, 0.1) is 0 Å². The zero-order valence-corrected chi connectivity index (χ0v) is 13.1. The highest BCUT2D eigenvalue weighted by atomic mass is 32.1. The third kappa shape index (κ3) is 3.23. The number of carbonyl (C=O) groups is 1. The van der Waals surface area contributed by atoms with E-state index in [1.165, 1.54) is 5.56 Å². The Hall–Kier alpha value is -2.47. The van der Waals surface area contributed by atoms with E-state index in [0.29, 0.717) is 11.8 Å². The Morgan fingerprint density at radius 3 is 2.82 bits per heavy atom. The first-order valence-corrected chi connectivity index (χ1v) is 7.78. The van der Waals surface area contributed by atoms with Gasteiger partial charge in [-0.15, -0.1) is 10.2 Å². The van der Waals surface area contributed by atoms with Gasteiger partial charge in [0.15, 0.2) is 0 Å². The fraction of sp³-hybridized carbons (Fsp3) is 0.188. The van der Waals surface area contributed by atoms with Crippen molar-refractivity contribution in [2.24, 2.45) is 0 Å². The molecule has 0 fully saturated rings. The minimum atomic E-state index is -0.177. The molecule has 0 radical (unpaired) electrons. The lowest BCUT2D eigenvalue weighted by Gasteiger charge is -2.06. The molecule has 0 bridgehead atoms.